The van der Waals surface area contributed by atoms with Crippen molar-refractivity contribution in [3.8, 4) is 5.75 Å². The number of aliphatic imine (C=N–C) groups is 1. The van der Waals surface area contributed by atoms with Crippen molar-refractivity contribution in [2.75, 3.05) is 13.6 Å². The lowest BCUT2D eigenvalue weighted by Crippen LogP contribution is -2.41. The highest BCUT2D eigenvalue weighted by molar-refractivity contribution is 7.09. The molecule has 1 aromatic heterocycles. The van der Waals surface area contributed by atoms with E-state index >= 15 is 0 Å². The molecule has 2 rings (SSSR count). The van der Waals surface area contributed by atoms with Crippen LogP contribution in [0.4, 0.5) is 0 Å². The van der Waals surface area contributed by atoms with Gasteiger partial charge in [-0.05, 0) is 37.5 Å². The van der Waals surface area contributed by atoms with E-state index in [1.165, 1.54) is 5.56 Å². The Labute approximate surface area is 154 Å². The second-order valence-corrected chi connectivity index (χ2v) is 7.32. The van der Waals surface area contributed by atoms with E-state index in [2.05, 4.69) is 52.8 Å². The van der Waals surface area contributed by atoms with E-state index in [-0.39, 0.29) is 6.10 Å². The molecule has 0 saturated heterocycles. The smallest absolute Gasteiger partial charge is 0.191 e. The minimum atomic E-state index is 0.0350. The molecular weight excluding hydrogens is 332 g/mol. The van der Waals surface area contributed by atoms with Gasteiger partial charge in [0.1, 0.15) is 16.9 Å². The first-order chi connectivity index (χ1) is 12.0. The molecule has 0 amide bonds. The normalized spacial score (nSPS) is 13.0. The molecule has 136 valence electrons. The molecule has 0 saturated carbocycles. The number of guanidine groups is 1. The molecule has 0 spiro atoms. The van der Waals surface area contributed by atoms with Crippen LogP contribution in [-0.2, 0) is 6.54 Å². The lowest BCUT2D eigenvalue weighted by molar-refractivity contribution is 0.223. The monoisotopic (exact) mass is 360 g/mol. The van der Waals surface area contributed by atoms with E-state index in [1.54, 1.807) is 18.4 Å². The molecule has 1 heterocycles. The number of aromatic nitrogens is 1. The Kier molecular flexibility index (Phi) is 7.25. The van der Waals surface area contributed by atoms with Gasteiger partial charge in [0.25, 0.3) is 0 Å². The standard InChI is InChI=1S/C19H28N4OS/c1-13(2)17-12-25-18(23-17)11-22-19(20-5)21-10-15(4)24-16-8-6-7-14(3)9-16/h6-9,12-13,15H,10-11H2,1-5H3,(H2,20,21,22). The van der Waals surface area contributed by atoms with E-state index in [9.17, 15) is 0 Å². The molecule has 2 aromatic rings. The summed E-state index contributed by atoms with van der Waals surface area (Å²) in [5, 5.41) is 9.78. The fraction of sp³-hybridized carbons (Fsp3) is 0.474. The molecule has 1 aromatic carbocycles. The summed E-state index contributed by atoms with van der Waals surface area (Å²) in [5.74, 6) is 2.10. The van der Waals surface area contributed by atoms with Crippen LogP contribution in [0, 0.1) is 6.92 Å². The lowest BCUT2D eigenvalue weighted by Gasteiger charge is -2.17. The number of nitrogens with one attached hydrogen (secondary N) is 2. The third-order valence-electron chi connectivity index (χ3n) is 3.68. The van der Waals surface area contributed by atoms with E-state index in [4.69, 9.17) is 4.74 Å². The van der Waals surface area contributed by atoms with Crippen LogP contribution < -0.4 is 15.4 Å². The molecule has 5 nitrogen and oxygen atoms in total. The van der Waals surface area contributed by atoms with Crippen LogP contribution in [0.1, 0.15) is 43.0 Å². The molecule has 25 heavy (non-hydrogen) atoms. The van der Waals surface area contributed by atoms with Crippen LogP contribution in [-0.4, -0.2) is 30.6 Å². The highest BCUT2D eigenvalue weighted by Crippen LogP contribution is 2.17. The van der Waals surface area contributed by atoms with Gasteiger partial charge in [-0.2, -0.15) is 0 Å². The molecule has 0 fully saturated rings. The van der Waals surface area contributed by atoms with Crippen molar-refractivity contribution < 1.29 is 4.74 Å². The van der Waals surface area contributed by atoms with E-state index < -0.39 is 0 Å². The van der Waals surface area contributed by atoms with Crippen LogP contribution in [0.3, 0.4) is 0 Å². The van der Waals surface area contributed by atoms with Crippen LogP contribution in [0.15, 0.2) is 34.6 Å². The predicted molar refractivity (Wildman–Crippen MR) is 106 cm³/mol. The summed E-state index contributed by atoms with van der Waals surface area (Å²) >= 11 is 1.68. The highest BCUT2D eigenvalue weighted by Gasteiger charge is 2.08. The average molecular weight is 361 g/mol. The van der Waals surface area contributed by atoms with Crippen molar-refractivity contribution in [1.82, 2.24) is 15.6 Å². The maximum atomic E-state index is 5.93. The first kappa shape index (κ1) is 19.2. The number of ether oxygens (including phenoxy) is 1. The molecule has 1 atom stereocenters. The average Bonchev–Trinajstić information content (AvgIpc) is 3.04. The fourth-order valence-electron chi connectivity index (χ4n) is 2.25. The Hall–Kier alpha value is -2.08. The quantitative estimate of drug-likeness (QED) is 0.584. The number of aryl methyl sites for hydroxylation is 1. The third-order valence-corrected chi connectivity index (χ3v) is 4.54. The number of thiazole rings is 1. The van der Waals surface area contributed by atoms with Crippen LogP contribution in [0.5, 0.6) is 5.75 Å². The molecule has 0 radical (unpaired) electrons. The predicted octanol–water partition coefficient (Wildman–Crippen LogP) is 3.71. The summed E-state index contributed by atoms with van der Waals surface area (Å²) in [7, 11) is 1.77. The van der Waals surface area contributed by atoms with Gasteiger partial charge in [-0.15, -0.1) is 11.3 Å². The SMILES string of the molecule is CN=C(NCc1nc(C(C)C)cs1)NCC(C)Oc1cccc(C)c1. The van der Waals surface area contributed by atoms with Crippen molar-refractivity contribution in [1.29, 1.82) is 0 Å². The molecule has 0 bridgehead atoms. The Morgan fingerprint density at radius 2 is 2.08 bits per heavy atom. The Morgan fingerprint density at radius 1 is 1.28 bits per heavy atom. The lowest BCUT2D eigenvalue weighted by atomic mass is 10.2. The van der Waals surface area contributed by atoms with Crippen LogP contribution in [0.25, 0.3) is 0 Å². The molecule has 0 aliphatic rings. The van der Waals surface area contributed by atoms with Crippen LogP contribution >= 0.6 is 11.3 Å². The second kappa shape index (κ2) is 9.42. The maximum absolute atomic E-state index is 5.93. The van der Waals surface area contributed by atoms with Crippen molar-refractivity contribution in [3.63, 3.8) is 0 Å². The maximum Gasteiger partial charge on any atom is 0.191 e. The molecule has 6 heteroatoms. The Bertz CT molecular complexity index is 696. The minimum absolute atomic E-state index is 0.0350. The van der Waals surface area contributed by atoms with Crippen molar-refractivity contribution in [2.24, 2.45) is 4.99 Å². The van der Waals surface area contributed by atoms with Gasteiger partial charge in [0.05, 0.1) is 18.8 Å². The molecule has 1 unspecified atom stereocenters. The third kappa shape index (κ3) is 6.38. The topological polar surface area (TPSA) is 58.5 Å². The molecular formula is C19H28N4OS. The number of hydrogen-bond donors (Lipinski definition) is 2. The van der Waals surface area contributed by atoms with E-state index in [1.807, 2.05) is 25.1 Å². The largest absolute Gasteiger partial charge is 0.489 e. The number of rotatable bonds is 7. The van der Waals surface area contributed by atoms with Gasteiger partial charge in [-0.25, -0.2) is 4.98 Å². The fourth-order valence-corrected chi connectivity index (χ4v) is 3.15. The minimum Gasteiger partial charge on any atom is -0.489 e. The molecule has 2 N–H and O–H groups in total. The van der Waals surface area contributed by atoms with Gasteiger partial charge < -0.3 is 15.4 Å². The second-order valence-electron chi connectivity index (χ2n) is 6.37. The van der Waals surface area contributed by atoms with E-state index in [0.717, 1.165) is 22.4 Å². The van der Waals surface area contributed by atoms with Gasteiger partial charge in [0.15, 0.2) is 5.96 Å². The molecule has 0 aliphatic carbocycles. The van der Waals surface area contributed by atoms with Crippen molar-refractivity contribution >= 4 is 17.3 Å². The number of nitrogens with zero attached hydrogens (tertiary/aromatic N) is 2. The van der Waals surface area contributed by atoms with Gasteiger partial charge in [-0.3, -0.25) is 4.99 Å². The summed E-state index contributed by atoms with van der Waals surface area (Å²) in [5.41, 5.74) is 2.34. The summed E-state index contributed by atoms with van der Waals surface area (Å²) in [4.78, 5) is 8.88. The first-order valence-corrected chi connectivity index (χ1v) is 9.48. The zero-order valence-electron chi connectivity index (χ0n) is 15.7. The van der Waals surface area contributed by atoms with Crippen molar-refractivity contribution in [3.05, 3.63) is 45.9 Å². The summed E-state index contributed by atoms with van der Waals surface area (Å²) in [6.07, 6.45) is 0.0350. The van der Waals surface area contributed by atoms with Crippen molar-refractivity contribution in [2.45, 2.75) is 46.3 Å². The summed E-state index contributed by atoms with van der Waals surface area (Å²) in [6, 6.07) is 8.08. The van der Waals surface area contributed by atoms with Crippen LogP contribution in [0.2, 0.25) is 0 Å². The Morgan fingerprint density at radius 3 is 2.72 bits per heavy atom. The van der Waals surface area contributed by atoms with Gasteiger partial charge >= 0.3 is 0 Å². The zero-order valence-corrected chi connectivity index (χ0v) is 16.5. The summed E-state index contributed by atoms with van der Waals surface area (Å²) in [6.45, 7) is 9.75. The first-order valence-electron chi connectivity index (χ1n) is 8.60. The van der Waals surface area contributed by atoms with Gasteiger partial charge in [-0.1, -0.05) is 26.0 Å². The highest BCUT2D eigenvalue weighted by atomic mass is 32.1. The van der Waals surface area contributed by atoms with Gasteiger partial charge in [0, 0.05) is 12.4 Å². The zero-order chi connectivity index (χ0) is 18.2. The molecule has 0 aliphatic heterocycles. The summed E-state index contributed by atoms with van der Waals surface area (Å²) < 4.78 is 5.93. The Balaban J connectivity index is 1.77. The number of hydrogen-bond acceptors (Lipinski definition) is 4. The van der Waals surface area contributed by atoms with Gasteiger partial charge in [0.2, 0.25) is 0 Å². The number of benzene rings is 1. The van der Waals surface area contributed by atoms with E-state index in [0.29, 0.717) is 19.0 Å².